The summed E-state index contributed by atoms with van der Waals surface area (Å²) in [5.74, 6) is 2.39. The van der Waals surface area contributed by atoms with E-state index in [1.807, 2.05) is 24.3 Å². The minimum atomic E-state index is 0.0122. The Balaban J connectivity index is 1.84. The summed E-state index contributed by atoms with van der Waals surface area (Å²) < 4.78 is 16.5. The van der Waals surface area contributed by atoms with Crippen molar-refractivity contribution >= 4 is 0 Å². The lowest BCUT2D eigenvalue weighted by Crippen LogP contribution is -3.10. The van der Waals surface area contributed by atoms with E-state index in [4.69, 9.17) is 14.2 Å². The lowest BCUT2D eigenvalue weighted by molar-refractivity contribution is -0.913. The molecule has 2 N–H and O–H groups in total. The van der Waals surface area contributed by atoms with E-state index in [0.29, 0.717) is 11.5 Å². The third kappa shape index (κ3) is 2.55. The average molecular weight is 328 g/mol. The quantitative estimate of drug-likeness (QED) is 0.900. The van der Waals surface area contributed by atoms with Crippen LogP contribution >= 0.6 is 0 Å². The van der Waals surface area contributed by atoms with Gasteiger partial charge < -0.3 is 24.2 Å². The molecule has 2 aliphatic rings. The first-order chi connectivity index (χ1) is 11.8. The molecule has 0 unspecified atom stereocenters. The van der Waals surface area contributed by atoms with E-state index in [1.165, 1.54) is 17.7 Å². The first-order valence-corrected chi connectivity index (χ1v) is 8.38. The molecular formula is C19H22NO4+. The first-order valence-electron chi connectivity index (χ1n) is 8.38. The molecule has 4 rings (SSSR count). The summed E-state index contributed by atoms with van der Waals surface area (Å²) in [4.78, 5) is 1.44. The van der Waals surface area contributed by atoms with E-state index >= 15 is 0 Å². The molecule has 1 saturated heterocycles. The van der Waals surface area contributed by atoms with Crippen LogP contribution in [0.3, 0.4) is 0 Å². The number of aromatic hydroxyl groups is 1. The van der Waals surface area contributed by atoms with Crippen LogP contribution in [0, 0.1) is 0 Å². The van der Waals surface area contributed by atoms with E-state index in [9.17, 15) is 5.11 Å². The van der Waals surface area contributed by atoms with Crippen LogP contribution in [-0.4, -0.2) is 32.1 Å². The number of phenolic OH excluding ortho intramolecular Hbond substituents is 1. The van der Waals surface area contributed by atoms with Gasteiger partial charge in [-0.2, -0.15) is 0 Å². The molecule has 1 atom stereocenters. The Morgan fingerprint density at radius 3 is 2.50 bits per heavy atom. The number of rotatable bonds is 4. The second-order valence-corrected chi connectivity index (χ2v) is 6.30. The number of quaternary nitrogens is 1. The number of hydrogen-bond acceptors (Lipinski definition) is 4. The van der Waals surface area contributed by atoms with Crippen molar-refractivity contribution in [3.63, 3.8) is 0 Å². The highest BCUT2D eigenvalue weighted by molar-refractivity contribution is 5.54. The smallest absolute Gasteiger partial charge is 0.231 e. The lowest BCUT2D eigenvalue weighted by atomic mass is 9.95. The minimum Gasteiger partial charge on any atom is -0.507 e. The zero-order valence-electron chi connectivity index (χ0n) is 13.7. The number of fused-ring (bicyclic) bond motifs is 1. The molecule has 0 aliphatic carbocycles. The Hall–Kier alpha value is -2.40. The van der Waals surface area contributed by atoms with Crippen molar-refractivity contribution < 1.29 is 24.2 Å². The molecule has 126 valence electrons. The number of phenols is 1. The summed E-state index contributed by atoms with van der Waals surface area (Å²) in [6.07, 6.45) is 2.40. The van der Waals surface area contributed by atoms with Gasteiger partial charge in [0, 0.05) is 18.9 Å². The molecule has 0 spiro atoms. The molecule has 2 aromatic carbocycles. The molecule has 5 heteroatoms. The van der Waals surface area contributed by atoms with Crippen LogP contribution in [0.4, 0.5) is 0 Å². The van der Waals surface area contributed by atoms with Crippen LogP contribution in [0.25, 0.3) is 0 Å². The molecule has 2 aliphatic heterocycles. The van der Waals surface area contributed by atoms with Crippen LogP contribution in [0.15, 0.2) is 36.4 Å². The van der Waals surface area contributed by atoms with Crippen LogP contribution < -0.4 is 19.1 Å². The Bertz CT molecular complexity index is 740. The zero-order chi connectivity index (χ0) is 16.5. The first kappa shape index (κ1) is 15.1. The number of hydrogen-bond donors (Lipinski definition) is 2. The Kier molecular flexibility index (Phi) is 3.94. The molecule has 5 nitrogen and oxygen atoms in total. The maximum absolute atomic E-state index is 10.6. The van der Waals surface area contributed by atoms with Crippen molar-refractivity contribution in [2.45, 2.75) is 18.9 Å². The number of para-hydroxylation sites is 1. The summed E-state index contributed by atoms with van der Waals surface area (Å²) in [6, 6.07) is 11.6. The number of ether oxygens (including phenoxy) is 3. The van der Waals surface area contributed by atoms with Gasteiger partial charge in [0.15, 0.2) is 11.5 Å². The summed E-state index contributed by atoms with van der Waals surface area (Å²) in [7, 11) is 1.69. The molecule has 24 heavy (non-hydrogen) atoms. The van der Waals surface area contributed by atoms with Crippen molar-refractivity contribution in [1.82, 2.24) is 0 Å². The monoisotopic (exact) mass is 328 g/mol. The van der Waals surface area contributed by atoms with Crippen molar-refractivity contribution in [1.29, 1.82) is 0 Å². The number of nitrogens with one attached hydrogen (secondary N) is 1. The fourth-order valence-corrected chi connectivity index (χ4v) is 3.81. The third-order valence-corrected chi connectivity index (χ3v) is 4.94. The third-order valence-electron chi connectivity index (χ3n) is 4.94. The SMILES string of the molecule is COc1ccccc1[C@@H](c1cc2c(cc1O)OCO2)[NH+]1CCCC1. The van der Waals surface area contributed by atoms with Gasteiger partial charge in [-0.25, -0.2) is 0 Å². The van der Waals surface area contributed by atoms with E-state index in [0.717, 1.165) is 30.0 Å². The lowest BCUT2D eigenvalue weighted by Gasteiger charge is -2.27. The normalized spacial score (nSPS) is 17.9. The van der Waals surface area contributed by atoms with E-state index in [2.05, 4.69) is 6.07 Å². The fourth-order valence-electron chi connectivity index (χ4n) is 3.81. The maximum Gasteiger partial charge on any atom is 0.231 e. The van der Waals surface area contributed by atoms with E-state index in [-0.39, 0.29) is 18.6 Å². The molecule has 2 heterocycles. The molecule has 0 aromatic heterocycles. The Labute approximate surface area is 141 Å². The number of likely N-dealkylation sites (tertiary alicyclic amines) is 1. The predicted octanol–water partition coefficient (Wildman–Crippen LogP) is 1.90. The van der Waals surface area contributed by atoms with Gasteiger partial charge in [-0.3, -0.25) is 0 Å². The van der Waals surface area contributed by atoms with E-state index < -0.39 is 0 Å². The predicted molar refractivity (Wildman–Crippen MR) is 89.0 cm³/mol. The minimum absolute atomic E-state index is 0.0122. The maximum atomic E-state index is 10.6. The molecule has 0 radical (unpaired) electrons. The number of methoxy groups -OCH3 is 1. The van der Waals surface area contributed by atoms with Crippen LogP contribution in [0.2, 0.25) is 0 Å². The highest BCUT2D eigenvalue weighted by atomic mass is 16.7. The van der Waals surface area contributed by atoms with Crippen molar-refractivity contribution in [2.75, 3.05) is 27.0 Å². The van der Waals surface area contributed by atoms with Gasteiger partial charge in [0.2, 0.25) is 6.79 Å². The molecule has 0 bridgehead atoms. The van der Waals surface area contributed by atoms with Gasteiger partial charge >= 0.3 is 0 Å². The van der Waals surface area contributed by atoms with Gasteiger partial charge in [0.05, 0.1) is 31.3 Å². The summed E-state index contributed by atoms with van der Waals surface area (Å²) >= 11 is 0. The average Bonchev–Trinajstić information content (AvgIpc) is 3.27. The van der Waals surface area contributed by atoms with Gasteiger partial charge in [-0.1, -0.05) is 12.1 Å². The van der Waals surface area contributed by atoms with Gasteiger partial charge in [0.25, 0.3) is 0 Å². The zero-order valence-corrected chi connectivity index (χ0v) is 13.7. The summed E-state index contributed by atoms with van der Waals surface area (Å²) in [5.41, 5.74) is 1.95. The summed E-state index contributed by atoms with van der Waals surface area (Å²) in [6.45, 7) is 2.36. The van der Waals surface area contributed by atoms with Crippen LogP contribution in [0.5, 0.6) is 23.0 Å². The van der Waals surface area contributed by atoms with Crippen molar-refractivity contribution in [2.24, 2.45) is 0 Å². The van der Waals surface area contributed by atoms with Gasteiger partial charge in [0.1, 0.15) is 17.5 Å². The molecule has 1 fully saturated rings. The summed E-state index contributed by atoms with van der Waals surface area (Å²) in [5, 5.41) is 10.6. The van der Waals surface area contributed by atoms with Crippen LogP contribution in [-0.2, 0) is 0 Å². The highest BCUT2D eigenvalue weighted by Crippen LogP contribution is 2.42. The molecular weight excluding hydrogens is 306 g/mol. The van der Waals surface area contributed by atoms with Gasteiger partial charge in [-0.15, -0.1) is 0 Å². The Morgan fingerprint density at radius 2 is 1.75 bits per heavy atom. The second kappa shape index (κ2) is 6.24. The molecule has 0 amide bonds. The Morgan fingerprint density at radius 1 is 1.04 bits per heavy atom. The second-order valence-electron chi connectivity index (χ2n) is 6.30. The van der Waals surface area contributed by atoms with Crippen molar-refractivity contribution in [3.05, 3.63) is 47.5 Å². The van der Waals surface area contributed by atoms with E-state index in [1.54, 1.807) is 13.2 Å². The largest absolute Gasteiger partial charge is 0.507 e. The topological polar surface area (TPSA) is 52.4 Å². The highest BCUT2D eigenvalue weighted by Gasteiger charge is 2.34. The standard InChI is InChI=1S/C19H21NO4/c1-22-16-7-3-2-6-13(16)19(20-8-4-5-9-20)14-10-17-18(11-15(14)21)24-12-23-17/h2-3,6-7,10-11,19,21H,4-5,8-9,12H2,1H3/p+1/t19-/m0/s1. The van der Waals surface area contributed by atoms with Crippen LogP contribution in [0.1, 0.15) is 30.0 Å². The molecule has 2 aromatic rings. The number of benzene rings is 2. The van der Waals surface area contributed by atoms with Crippen molar-refractivity contribution in [3.8, 4) is 23.0 Å². The molecule has 0 saturated carbocycles. The van der Waals surface area contributed by atoms with Gasteiger partial charge in [-0.05, 0) is 18.2 Å². The fraction of sp³-hybridized carbons (Fsp3) is 0.368.